The Morgan fingerprint density at radius 3 is 2.48 bits per heavy atom. The summed E-state index contributed by atoms with van der Waals surface area (Å²) in [4.78, 5) is 26.8. The largest absolute Gasteiger partial charge is 0.494 e. The summed E-state index contributed by atoms with van der Waals surface area (Å²) in [6, 6.07) is 8.85. The Morgan fingerprint density at radius 1 is 1.04 bits per heavy atom. The Morgan fingerprint density at radius 2 is 1.78 bits per heavy atom. The van der Waals surface area contributed by atoms with Crippen LogP contribution in [0.1, 0.15) is 25.3 Å². The zero-order valence-corrected chi connectivity index (χ0v) is 30.5. The number of methoxy groups -OCH3 is 1. The third kappa shape index (κ3) is 7.21. The van der Waals surface area contributed by atoms with E-state index >= 15 is 0 Å². The number of fused-ring (bicyclic) bond motifs is 1. The molecule has 0 amide bonds. The molecule has 0 aliphatic carbocycles. The summed E-state index contributed by atoms with van der Waals surface area (Å²) in [5.74, 6) is 1.20. The van der Waals surface area contributed by atoms with Gasteiger partial charge in [0.2, 0.25) is 5.95 Å². The van der Waals surface area contributed by atoms with E-state index in [0.717, 1.165) is 58.9 Å². The van der Waals surface area contributed by atoms with Crippen molar-refractivity contribution in [1.82, 2.24) is 29.7 Å². The Kier molecular flexibility index (Phi) is 10.2. The standard InChI is InChI=1S/C33H42BrN8O2PS/c1-6-22-19-26(28(44-3)20-27(22)42-13-9-23(10-14-42)41-17-15-40(2)16-18-41)38-33-37-21-24(34)32(39-33)46-29-8-7-25-30(36-12-11-35-25)31(29)45(4,5)43/h7-8,11-12,19-21,23H,6,9-10,13-18H2,1-5H3,(H,37,38,39). The van der Waals surface area contributed by atoms with E-state index in [0.29, 0.717) is 27.8 Å². The summed E-state index contributed by atoms with van der Waals surface area (Å²) in [5.41, 5.74) is 4.70. The highest BCUT2D eigenvalue weighted by Crippen LogP contribution is 2.44. The Hall–Kier alpha value is -2.76. The summed E-state index contributed by atoms with van der Waals surface area (Å²) in [6.07, 6.45) is 8.28. The van der Waals surface area contributed by atoms with E-state index in [2.05, 4.69) is 77.0 Å². The van der Waals surface area contributed by atoms with Gasteiger partial charge >= 0.3 is 0 Å². The number of hydrogen-bond donors (Lipinski definition) is 1. The molecule has 2 aliphatic rings. The minimum atomic E-state index is -2.69. The highest BCUT2D eigenvalue weighted by molar-refractivity contribution is 9.10. The van der Waals surface area contributed by atoms with E-state index in [9.17, 15) is 4.57 Å². The van der Waals surface area contributed by atoms with Crippen molar-refractivity contribution in [3.63, 3.8) is 0 Å². The number of aromatic nitrogens is 4. The smallest absolute Gasteiger partial charge is 0.228 e. The number of piperazine rings is 1. The van der Waals surface area contributed by atoms with Crippen LogP contribution in [-0.4, -0.2) is 103 Å². The number of piperidine rings is 1. The normalized spacial score (nSPS) is 17.0. The van der Waals surface area contributed by atoms with Gasteiger partial charge in [0.25, 0.3) is 0 Å². The van der Waals surface area contributed by atoms with Gasteiger partial charge in [0.05, 0.1) is 28.1 Å². The molecule has 2 aromatic carbocycles. The fourth-order valence-corrected chi connectivity index (χ4v) is 9.77. The minimum Gasteiger partial charge on any atom is -0.494 e. The molecule has 2 aliphatic heterocycles. The first-order valence-corrected chi connectivity index (χ1v) is 20.0. The number of ether oxygens (including phenoxy) is 1. The lowest BCUT2D eigenvalue weighted by molar-refractivity contribution is 0.0982. The number of aryl methyl sites for hydroxylation is 1. The summed E-state index contributed by atoms with van der Waals surface area (Å²) < 4.78 is 20.1. The summed E-state index contributed by atoms with van der Waals surface area (Å²) in [5, 5.41) is 4.83. The van der Waals surface area contributed by atoms with E-state index in [1.54, 1.807) is 39.0 Å². The maximum atomic E-state index is 13.4. The summed E-state index contributed by atoms with van der Waals surface area (Å²) >= 11 is 5.06. The summed E-state index contributed by atoms with van der Waals surface area (Å²) in [6.45, 7) is 12.5. The molecule has 13 heteroatoms. The number of benzene rings is 2. The molecule has 0 unspecified atom stereocenters. The highest BCUT2D eigenvalue weighted by Gasteiger charge is 2.28. The fraction of sp³-hybridized carbons (Fsp3) is 0.455. The first-order valence-electron chi connectivity index (χ1n) is 15.8. The first-order chi connectivity index (χ1) is 22.1. The molecule has 244 valence electrons. The third-order valence-electron chi connectivity index (χ3n) is 8.92. The van der Waals surface area contributed by atoms with Crippen molar-refractivity contribution < 1.29 is 9.30 Å². The molecule has 0 bridgehead atoms. The quantitative estimate of drug-likeness (QED) is 0.160. The molecule has 4 aromatic rings. The molecular weight excluding hydrogens is 683 g/mol. The predicted octanol–water partition coefficient (Wildman–Crippen LogP) is 6.11. The van der Waals surface area contributed by atoms with E-state index in [-0.39, 0.29) is 0 Å². The molecule has 10 nitrogen and oxygen atoms in total. The average molecular weight is 726 g/mol. The van der Waals surface area contributed by atoms with Crippen molar-refractivity contribution in [3.8, 4) is 5.75 Å². The van der Waals surface area contributed by atoms with Gasteiger partial charge in [0, 0.05) is 80.6 Å². The van der Waals surface area contributed by atoms with Crippen molar-refractivity contribution in [1.29, 1.82) is 0 Å². The number of halogens is 1. The van der Waals surface area contributed by atoms with E-state index in [1.165, 1.54) is 48.9 Å². The van der Waals surface area contributed by atoms with Crippen molar-refractivity contribution in [3.05, 3.63) is 52.9 Å². The highest BCUT2D eigenvalue weighted by atomic mass is 79.9. The lowest BCUT2D eigenvalue weighted by Crippen LogP contribution is -2.52. The van der Waals surface area contributed by atoms with Gasteiger partial charge in [-0.15, -0.1) is 0 Å². The van der Waals surface area contributed by atoms with Crippen molar-refractivity contribution in [2.45, 2.75) is 42.1 Å². The Labute approximate surface area is 284 Å². The second-order valence-corrected chi connectivity index (χ2v) is 17.4. The van der Waals surface area contributed by atoms with Crippen LogP contribution in [-0.2, 0) is 11.0 Å². The van der Waals surface area contributed by atoms with E-state index < -0.39 is 7.14 Å². The maximum absolute atomic E-state index is 13.4. The van der Waals surface area contributed by atoms with Gasteiger partial charge in [0.15, 0.2) is 0 Å². The molecule has 0 atom stereocenters. The molecule has 0 spiro atoms. The second-order valence-electron chi connectivity index (χ2n) is 12.4. The monoisotopic (exact) mass is 724 g/mol. The minimum absolute atomic E-state index is 0.449. The number of nitrogens with one attached hydrogen (secondary N) is 1. The number of hydrogen-bond acceptors (Lipinski definition) is 11. The fourth-order valence-electron chi connectivity index (χ4n) is 6.43. The molecule has 0 saturated carbocycles. The molecule has 6 rings (SSSR count). The molecular formula is C33H42BrN8O2PS. The summed E-state index contributed by atoms with van der Waals surface area (Å²) in [7, 11) is 1.23. The third-order valence-corrected chi connectivity index (χ3v) is 12.5. The van der Waals surface area contributed by atoms with Crippen LogP contribution in [0.3, 0.4) is 0 Å². The predicted molar refractivity (Wildman–Crippen MR) is 192 cm³/mol. The van der Waals surface area contributed by atoms with Gasteiger partial charge in [0.1, 0.15) is 23.4 Å². The second kappa shape index (κ2) is 14.2. The van der Waals surface area contributed by atoms with Crippen LogP contribution in [0.5, 0.6) is 5.75 Å². The van der Waals surface area contributed by atoms with E-state index in [1.807, 2.05) is 12.1 Å². The first kappa shape index (κ1) is 33.2. The maximum Gasteiger partial charge on any atom is 0.228 e. The van der Waals surface area contributed by atoms with Crippen LogP contribution < -0.4 is 20.3 Å². The van der Waals surface area contributed by atoms with Crippen LogP contribution in [0, 0.1) is 0 Å². The van der Waals surface area contributed by atoms with Crippen LogP contribution in [0.15, 0.2) is 57.3 Å². The van der Waals surface area contributed by atoms with Gasteiger partial charge in [-0.1, -0.05) is 18.7 Å². The lowest BCUT2D eigenvalue weighted by atomic mass is 9.99. The topological polar surface area (TPSA) is 99.6 Å². The van der Waals surface area contributed by atoms with E-state index in [4.69, 9.17) is 9.72 Å². The molecule has 2 aromatic heterocycles. The Balaban J connectivity index is 1.23. The molecule has 0 radical (unpaired) electrons. The lowest BCUT2D eigenvalue weighted by Gasteiger charge is -2.43. The van der Waals surface area contributed by atoms with Crippen LogP contribution in [0.2, 0.25) is 0 Å². The van der Waals surface area contributed by atoms with Gasteiger partial charge in [-0.3, -0.25) is 14.9 Å². The molecule has 46 heavy (non-hydrogen) atoms. The number of likely N-dealkylation sites (N-methyl/N-ethyl adjacent to an activating group) is 1. The van der Waals surface area contributed by atoms with Gasteiger partial charge < -0.3 is 24.4 Å². The molecule has 4 heterocycles. The van der Waals surface area contributed by atoms with Crippen molar-refractivity contribution in [2.24, 2.45) is 0 Å². The number of anilines is 3. The van der Waals surface area contributed by atoms with Crippen LogP contribution in [0.4, 0.5) is 17.3 Å². The Bertz CT molecular complexity index is 1760. The van der Waals surface area contributed by atoms with Gasteiger partial charge in [-0.2, -0.15) is 0 Å². The molecule has 2 fully saturated rings. The average Bonchev–Trinajstić information content (AvgIpc) is 3.06. The van der Waals surface area contributed by atoms with Crippen LogP contribution in [0.25, 0.3) is 11.0 Å². The number of nitrogens with zero attached hydrogens (tertiary/aromatic N) is 7. The van der Waals surface area contributed by atoms with Gasteiger partial charge in [-0.05, 0) is 79.3 Å². The van der Waals surface area contributed by atoms with Crippen LogP contribution >= 0.6 is 34.8 Å². The number of rotatable bonds is 9. The zero-order valence-electron chi connectivity index (χ0n) is 27.2. The zero-order chi connectivity index (χ0) is 32.4. The van der Waals surface area contributed by atoms with Crippen molar-refractivity contribution >= 4 is 68.5 Å². The SMILES string of the molecule is CCc1cc(Nc2ncc(Br)c(Sc3ccc4nccnc4c3P(C)(C)=O)n2)c(OC)cc1N1CCC(N2CCN(C)CC2)CC1. The van der Waals surface area contributed by atoms with Crippen molar-refractivity contribution in [2.75, 3.05) is 77.0 Å². The van der Waals surface area contributed by atoms with Gasteiger partial charge in [-0.25, -0.2) is 9.97 Å². The molecule has 1 N–H and O–H groups in total. The molecule has 2 saturated heterocycles.